The first kappa shape index (κ1) is 16.8. The lowest BCUT2D eigenvalue weighted by atomic mass is 9.83. The summed E-state index contributed by atoms with van der Waals surface area (Å²) < 4.78 is 51.6. The first-order valence-electron chi connectivity index (χ1n) is 6.61. The molecule has 0 bridgehead atoms. The van der Waals surface area contributed by atoms with Crippen molar-refractivity contribution in [3.8, 4) is 0 Å². The largest absolute Gasteiger partial charge is 0.375 e. The number of rotatable bonds is 7. The minimum atomic E-state index is -3.01. The van der Waals surface area contributed by atoms with Gasteiger partial charge in [-0.25, -0.2) is 17.2 Å². The van der Waals surface area contributed by atoms with E-state index < -0.39 is 22.9 Å². The van der Waals surface area contributed by atoms with Gasteiger partial charge in [0.2, 0.25) is 0 Å². The van der Waals surface area contributed by atoms with Gasteiger partial charge in [-0.05, 0) is 31.6 Å². The molecule has 7 heteroatoms. The second-order valence-electron chi connectivity index (χ2n) is 5.30. The molecule has 114 valence electrons. The van der Waals surface area contributed by atoms with E-state index in [1.54, 1.807) is 0 Å². The Balaban J connectivity index is 2.34. The smallest absolute Gasteiger partial charge is 0.261 e. The van der Waals surface area contributed by atoms with Crippen LogP contribution in [0, 0.1) is 5.92 Å². The molecule has 3 unspecified atom stereocenters. The number of alkyl halides is 2. The molecule has 19 heavy (non-hydrogen) atoms. The van der Waals surface area contributed by atoms with Crippen LogP contribution < -0.4 is 5.73 Å². The van der Waals surface area contributed by atoms with E-state index in [2.05, 4.69) is 0 Å². The normalized spacial score (nSPS) is 26.6. The van der Waals surface area contributed by atoms with Gasteiger partial charge in [0.25, 0.3) is 6.43 Å². The van der Waals surface area contributed by atoms with Crippen molar-refractivity contribution in [2.24, 2.45) is 11.7 Å². The standard InChI is InChI=1S/C12H23F2NO3S/c1-19(16,17)10-4-2-3-9(7-10)11(15)5-6-18-8-12(13)14/h9-12H,2-8,15H2,1H3. The molecule has 0 aromatic carbocycles. The van der Waals surface area contributed by atoms with Crippen molar-refractivity contribution in [1.29, 1.82) is 0 Å². The zero-order valence-electron chi connectivity index (χ0n) is 11.2. The van der Waals surface area contributed by atoms with Gasteiger partial charge in [-0.1, -0.05) is 6.42 Å². The first-order chi connectivity index (χ1) is 8.80. The van der Waals surface area contributed by atoms with Crippen LogP contribution in [0.4, 0.5) is 8.78 Å². The van der Waals surface area contributed by atoms with Crippen LogP contribution in [0.2, 0.25) is 0 Å². The molecule has 2 N–H and O–H groups in total. The van der Waals surface area contributed by atoms with Gasteiger partial charge in [-0.3, -0.25) is 0 Å². The van der Waals surface area contributed by atoms with Crippen LogP contribution in [-0.4, -0.2) is 45.6 Å². The van der Waals surface area contributed by atoms with Crippen LogP contribution >= 0.6 is 0 Å². The van der Waals surface area contributed by atoms with Crippen LogP contribution in [0.5, 0.6) is 0 Å². The minimum Gasteiger partial charge on any atom is -0.375 e. The lowest BCUT2D eigenvalue weighted by Crippen LogP contribution is -2.38. The van der Waals surface area contributed by atoms with Crippen LogP contribution in [0.25, 0.3) is 0 Å². The van der Waals surface area contributed by atoms with Crippen molar-refractivity contribution >= 4 is 9.84 Å². The summed E-state index contributed by atoms with van der Waals surface area (Å²) in [6.45, 7) is -0.366. The van der Waals surface area contributed by atoms with Crippen molar-refractivity contribution in [2.75, 3.05) is 19.5 Å². The maximum atomic E-state index is 11.9. The van der Waals surface area contributed by atoms with E-state index in [1.807, 2.05) is 0 Å². The minimum absolute atomic E-state index is 0.142. The fourth-order valence-electron chi connectivity index (χ4n) is 2.59. The second-order valence-corrected chi connectivity index (χ2v) is 7.62. The van der Waals surface area contributed by atoms with Gasteiger partial charge in [0.05, 0.1) is 5.25 Å². The molecule has 0 saturated heterocycles. The molecular weight excluding hydrogens is 276 g/mol. The molecule has 3 atom stereocenters. The Morgan fingerprint density at radius 2 is 2.05 bits per heavy atom. The van der Waals surface area contributed by atoms with Crippen LogP contribution in [0.3, 0.4) is 0 Å². The van der Waals surface area contributed by atoms with E-state index in [1.165, 1.54) is 6.26 Å². The molecule has 0 heterocycles. The average molecular weight is 299 g/mol. The van der Waals surface area contributed by atoms with Gasteiger partial charge in [-0.15, -0.1) is 0 Å². The number of nitrogens with two attached hydrogens (primary N) is 1. The molecule has 1 fully saturated rings. The number of sulfone groups is 1. The van der Waals surface area contributed by atoms with E-state index >= 15 is 0 Å². The van der Waals surface area contributed by atoms with Crippen molar-refractivity contribution in [2.45, 2.75) is 49.8 Å². The fraction of sp³-hybridized carbons (Fsp3) is 1.00. The van der Waals surface area contributed by atoms with Crippen molar-refractivity contribution < 1.29 is 21.9 Å². The maximum absolute atomic E-state index is 11.9. The Hall–Kier alpha value is -0.270. The highest BCUT2D eigenvalue weighted by molar-refractivity contribution is 7.91. The van der Waals surface area contributed by atoms with E-state index in [0.29, 0.717) is 19.3 Å². The predicted octanol–water partition coefficient (Wildman–Crippen LogP) is 1.59. The molecule has 0 radical (unpaired) electrons. The van der Waals surface area contributed by atoms with E-state index in [4.69, 9.17) is 10.5 Å². The lowest BCUT2D eigenvalue weighted by molar-refractivity contribution is 0.0134. The topological polar surface area (TPSA) is 69.4 Å². The van der Waals surface area contributed by atoms with Crippen molar-refractivity contribution in [1.82, 2.24) is 0 Å². The lowest BCUT2D eigenvalue weighted by Gasteiger charge is -2.32. The molecule has 1 saturated carbocycles. The number of hydrogen-bond donors (Lipinski definition) is 1. The van der Waals surface area contributed by atoms with E-state index in [0.717, 1.165) is 12.8 Å². The third-order valence-corrected chi connectivity index (χ3v) is 5.36. The number of hydrogen-bond acceptors (Lipinski definition) is 4. The summed E-state index contributed by atoms with van der Waals surface area (Å²) in [5.41, 5.74) is 6.01. The highest BCUT2D eigenvalue weighted by Crippen LogP contribution is 2.30. The Bertz CT molecular complexity index is 362. The van der Waals surface area contributed by atoms with Crippen LogP contribution in [-0.2, 0) is 14.6 Å². The summed E-state index contributed by atoms with van der Waals surface area (Å²) in [4.78, 5) is 0. The monoisotopic (exact) mass is 299 g/mol. The van der Waals surface area contributed by atoms with Crippen molar-refractivity contribution in [3.63, 3.8) is 0 Å². The van der Waals surface area contributed by atoms with Gasteiger partial charge in [0.1, 0.15) is 16.4 Å². The molecule has 0 aromatic heterocycles. The summed E-state index contributed by atoms with van der Waals surface area (Å²) in [6.07, 6.45) is 2.33. The Morgan fingerprint density at radius 1 is 1.37 bits per heavy atom. The molecule has 1 rings (SSSR count). The third kappa shape index (κ3) is 6.14. The van der Waals surface area contributed by atoms with Gasteiger partial charge < -0.3 is 10.5 Å². The quantitative estimate of drug-likeness (QED) is 0.725. The molecular formula is C12H23F2NO3S. The molecule has 1 aliphatic rings. The molecule has 4 nitrogen and oxygen atoms in total. The average Bonchev–Trinajstić information content (AvgIpc) is 2.33. The highest BCUT2D eigenvalue weighted by Gasteiger charge is 2.31. The van der Waals surface area contributed by atoms with Crippen molar-refractivity contribution in [3.05, 3.63) is 0 Å². The third-order valence-electron chi connectivity index (χ3n) is 3.72. The summed E-state index contributed by atoms with van der Waals surface area (Å²) in [7, 11) is -3.01. The SMILES string of the molecule is CS(=O)(=O)C1CCCC(C(N)CCOCC(F)F)C1. The summed E-state index contributed by atoms with van der Waals surface area (Å²) >= 11 is 0. The van der Waals surface area contributed by atoms with E-state index in [9.17, 15) is 17.2 Å². The molecule has 1 aliphatic carbocycles. The second kappa shape index (κ2) is 7.50. The highest BCUT2D eigenvalue weighted by atomic mass is 32.2. The summed E-state index contributed by atoms with van der Waals surface area (Å²) in [6, 6.07) is -0.178. The first-order valence-corrected chi connectivity index (χ1v) is 8.56. The maximum Gasteiger partial charge on any atom is 0.261 e. The van der Waals surface area contributed by atoms with E-state index in [-0.39, 0.29) is 23.8 Å². The van der Waals surface area contributed by atoms with Crippen LogP contribution in [0.1, 0.15) is 32.1 Å². The zero-order chi connectivity index (χ0) is 14.5. The zero-order valence-corrected chi connectivity index (χ0v) is 12.0. The van der Waals surface area contributed by atoms with Gasteiger partial charge in [0, 0.05) is 18.9 Å². The van der Waals surface area contributed by atoms with Gasteiger partial charge >= 0.3 is 0 Å². The Kier molecular flexibility index (Phi) is 6.62. The predicted molar refractivity (Wildman–Crippen MR) is 70.0 cm³/mol. The molecule has 0 spiro atoms. The number of halogens is 2. The molecule has 0 aliphatic heterocycles. The molecule has 0 aromatic rings. The fourth-order valence-corrected chi connectivity index (χ4v) is 3.78. The van der Waals surface area contributed by atoms with Gasteiger partial charge in [-0.2, -0.15) is 0 Å². The Morgan fingerprint density at radius 3 is 2.63 bits per heavy atom. The Labute approximate surface area is 113 Å². The van der Waals surface area contributed by atoms with Crippen LogP contribution in [0.15, 0.2) is 0 Å². The summed E-state index contributed by atoms with van der Waals surface area (Å²) in [5.74, 6) is 0.142. The number of ether oxygens (including phenoxy) is 1. The molecule has 0 amide bonds. The van der Waals surface area contributed by atoms with Gasteiger partial charge in [0.15, 0.2) is 0 Å². The summed E-state index contributed by atoms with van der Waals surface area (Å²) in [5, 5.41) is -0.306.